The number of hydrogen-bond donors (Lipinski definition) is 2. The molecule has 1 aliphatic heterocycles. The van der Waals surface area contributed by atoms with Crippen LogP contribution in [-0.4, -0.2) is 34.8 Å². The van der Waals surface area contributed by atoms with Gasteiger partial charge in [-0.1, -0.05) is 0 Å². The zero-order chi connectivity index (χ0) is 17.4. The van der Waals surface area contributed by atoms with Crippen molar-refractivity contribution in [1.29, 1.82) is 0 Å². The van der Waals surface area contributed by atoms with Crippen LogP contribution in [0.3, 0.4) is 0 Å². The first kappa shape index (κ1) is 18.8. The topological polar surface area (TPSA) is 59.0 Å². The van der Waals surface area contributed by atoms with Crippen LogP contribution in [0.25, 0.3) is 15.9 Å². The first-order chi connectivity index (χ1) is 12.1. The van der Waals surface area contributed by atoms with Crippen LogP contribution < -0.4 is 10.6 Å². The minimum absolute atomic E-state index is 0. The third-order valence-electron chi connectivity index (χ3n) is 4.47. The van der Waals surface area contributed by atoms with Crippen LogP contribution in [0.2, 0.25) is 0 Å². The number of nitrogens with zero attached hydrogens (tertiary/aromatic N) is 2. The summed E-state index contributed by atoms with van der Waals surface area (Å²) >= 11 is 1.41. The summed E-state index contributed by atoms with van der Waals surface area (Å²) in [6.07, 6.45) is 2.09. The van der Waals surface area contributed by atoms with Crippen molar-refractivity contribution >= 4 is 39.9 Å². The number of thiophene rings is 1. The van der Waals surface area contributed by atoms with E-state index in [9.17, 15) is 9.18 Å². The van der Waals surface area contributed by atoms with Crippen LogP contribution in [0.15, 0.2) is 30.3 Å². The Balaban J connectivity index is 0.00000196. The lowest BCUT2D eigenvalue weighted by molar-refractivity contribution is 0.0935. The molecule has 1 atom stereocenters. The third kappa shape index (κ3) is 3.60. The number of aryl methyl sites for hydroxylation is 1. The first-order valence-electron chi connectivity index (χ1n) is 8.38. The highest BCUT2D eigenvalue weighted by Crippen LogP contribution is 2.30. The molecule has 1 unspecified atom stereocenters. The van der Waals surface area contributed by atoms with E-state index >= 15 is 0 Å². The van der Waals surface area contributed by atoms with Crippen LogP contribution in [0, 0.1) is 12.7 Å². The number of hydrogen-bond acceptors (Lipinski definition) is 4. The molecule has 8 heteroatoms. The molecule has 1 fully saturated rings. The van der Waals surface area contributed by atoms with E-state index in [-0.39, 0.29) is 30.2 Å². The van der Waals surface area contributed by atoms with Gasteiger partial charge in [0.15, 0.2) is 0 Å². The molecule has 3 heterocycles. The maximum atomic E-state index is 13.2. The van der Waals surface area contributed by atoms with E-state index in [4.69, 9.17) is 0 Å². The van der Waals surface area contributed by atoms with Crippen molar-refractivity contribution in [1.82, 2.24) is 20.4 Å². The van der Waals surface area contributed by atoms with Crippen molar-refractivity contribution in [3.05, 3.63) is 46.7 Å². The zero-order valence-corrected chi connectivity index (χ0v) is 15.9. The second-order valence-corrected chi connectivity index (χ2v) is 7.35. The molecule has 1 amide bonds. The number of carbonyl (C=O) groups excluding carboxylic acids is 1. The predicted octanol–water partition coefficient (Wildman–Crippen LogP) is 3.44. The molecule has 0 bridgehead atoms. The smallest absolute Gasteiger partial charge is 0.261 e. The van der Waals surface area contributed by atoms with Crippen molar-refractivity contribution in [3.8, 4) is 5.69 Å². The van der Waals surface area contributed by atoms with Crippen molar-refractivity contribution in [2.24, 2.45) is 0 Å². The quantitative estimate of drug-likeness (QED) is 0.715. The van der Waals surface area contributed by atoms with Gasteiger partial charge in [0, 0.05) is 18.0 Å². The fourth-order valence-electron chi connectivity index (χ4n) is 3.15. The lowest BCUT2D eigenvalue weighted by Crippen LogP contribution is -2.45. The van der Waals surface area contributed by atoms with Crippen LogP contribution >= 0.6 is 23.7 Å². The van der Waals surface area contributed by atoms with Crippen molar-refractivity contribution < 1.29 is 9.18 Å². The van der Waals surface area contributed by atoms with Gasteiger partial charge in [0.1, 0.15) is 10.6 Å². The number of aromatic nitrogens is 2. The molecule has 3 aromatic rings. The largest absolute Gasteiger partial charge is 0.347 e. The standard InChI is InChI=1S/C18H19FN4OS.ClH/c1-11-15-9-16(17(24)21-13-3-2-8-20-10-13)25-18(15)23(22-11)14-6-4-12(19)5-7-14;/h4-7,9,13,20H,2-3,8,10H2,1H3,(H,21,24);1H. The van der Waals surface area contributed by atoms with Crippen LogP contribution in [-0.2, 0) is 0 Å². The summed E-state index contributed by atoms with van der Waals surface area (Å²) in [5, 5.41) is 11.9. The Bertz CT molecular complexity index is 915. The summed E-state index contributed by atoms with van der Waals surface area (Å²) in [4.78, 5) is 14.2. The molecular weight excluding hydrogens is 375 g/mol. The minimum atomic E-state index is -0.281. The minimum Gasteiger partial charge on any atom is -0.347 e. The number of nitrogens with one attached hydrogen (secondary N) is 2. The Labute approximate surface area is 161 Å². The van der Waals surface area contributed by atoms with Crippen molar-refractivity contribution in [2.75, 3.05) is 13.1 Å². The molecule has 2 aromatic heterocycles. The van der Waals surface area contributed by atoms with E-state index in [1.165, 1.54) is 23.5 Å². The SMILES string of the molecule is Cc1nn(-c2ccc(F)cc2)c2sc(C(=O)NC3CCCNC3)cc12.Cl. The van der Waals surface area contributed by atoms with Gasteiger partial charge in [-0.3, -0.25) is 4.79 Å². The number of piperidine rings is 1. The summed E-state index contributed by atoms with van der Waals surface area (Å²) in [6, 6.07) is 8.28. The average molecular weight is 395 g/mol. The molecule has 0 spiro atoms. The molecule has 2 N–H and O–H groups in total. The van der Waals surface area contributed by atoms with Crippen LogP contribution in [0.1, 0.15) is 28.2 Å². The molecular formula is C18H20ClFN4OS. The van der Waals surface area contributed by atoms with E-state index in [0.717, 1.165) is 47.5 Å². The normalized spacial score (nSPS) is 17.1. The molecule has 4 rings (SSSR count). The Morgan fingerprint density at radius 3 is 2.85 bits per heavy atom. The molecule has 1 saturated heterocycles. The van der Waals surface area contributed by atoms with E-state index in [1.54, 1.807) is 16.8 Å². The van der Waals surface area contributed by atoms with Crippen LogP contribution in [0.4, 0.5) is 4.39 Å². The highest BCUT2D eigenvalue weighted by atomic mass is 35.5. The summed E-state index contributed by atoms with van der Waals surface area (Å²) in [7, 11) is 0. The van der Waals surface area contributed by atoms with Crippen LogP contribution in [0.5, 0.6) is 0 Å². The van der Waals surface area contributed by atoms with Gasteiger partial charge in [-0.05, 0) is 56.6 Å². The van der Waals surface area contributed by atoms with Gasteiger partial charge >= 0.3 is 0 Å². The predicted molar refractivity (Wildman–Crippen MR) is 104 cm³/mol. The Morgan fingerprint density at radius 2 is 2.15 bits per heavy atom. The number of benzene rings is 1. The average Bonchev–Trinajstić information content (AvgIpc) is 3.18. The number of rotatable bonds is 3. The number of halogens is 2. The fourth-order valence-corrected chi connectivity index (χ4v) is 4.23. The maximum Gasteiger partial charge on any atom is 0.261 e. The molecule has 0 radical (unpaired) electrons. The van der Waals surface area contributed by atoms with E-state index in [0.29, 0.717) is 4.88 Å². The molecule has 0 saturated carbocycles. The number of carbonyl (C=O) groups is 1. The lowest BCUT2D eigenvalue weighted by Gasteiger charge is -2.23. The van der Waals surface area contributed by atoms with Gasteiger partial charge in [0.05, 0.1) is 16.3 Å². The molecule has 5 nitrogen and oxygen atoms in total. The number of amides is 1. The molecule has 1 aromatic carbocycles. The van der Waals surface area contributed by atoms with E-state index < -0.39 is 0 Å². The third-order valence-corrected chi connectivity index (χ3v) is 5.58. The molecule has 0 aliphatic carbocycles. The van der Waals surface area contributed by atoms with Gasteiger partial charge in [0.2, 0.25) is 0 Å². The summed E-state index contributed by atoms with van der Waals surface area (Å²) in [5.74, 6) is -0.323. The first-order valence-corrected chi connectivity index (χ1v) is 9.20. The van der Waals surface area contributed by atoms with Gasteiger partial charge < -0.3 is 10.6 Å². The monoisotopic (exact) mass is 394 g/mol. The molecule has 1 aliphatic rings. The lowest BCUT2D eigenvalue weighted by atomic mass is 10.1. The van der Waals surface area contributed by atoms with E-state index in [2.05, 4.69) is 15.7 Å². The maximum absolute atomic E-state index is 13.2. The second kappa shape index (κ2) is 7.73. The second-order valence-electron chi connectivity index (χ2n) is 6.32. The Hall–Kier alpha value is -1.96. The van der Waals surface area contributed by atoms with Gasteiger partial charge in [-0.15, -0.1) is 23.7 Å². The van der Waals surface area contributed by atoms with E-state index in [1.807, 2.05) is 13.0 Å². The Morgan fingerprint density at radius 1 is 1.38 bits per heavy atom. The summed E-state index contributed by atoms with van der Waals surface area (Å²) < 4.78 is 14.9. The van der Waals surface area contributed by atoms with Gasteiger partial charge in [-0.2, -0.15) is 5.10 Å². The van der Waals surface area contributed by atoms with Crippen molar-refractivity contribution in [2.45, 2.75) is 25.8 Å². The molecule has 138 valence electrons. The number of fused-ring (bicyclic) bond motifs is 1. The molecule has 26 heavy (non-hydrogen) atoms. The zero-order valence-electron chi connectivity index (χ0n) is 14.3. The summed E-state index contributed by atoms with van der Waals surface area (Å²) in [6.45, 7) is 3.75. The Kier molecular flexibility index (Phi) is 5.60. The van der Waals surface area contributed by atoms with Gasteiger partial charge in [0.25, 0.3) is 5.91 Å². The fraction of sp³-hybridized carbons (Fsp3) is 0.333. The summed E-state index contributed by atoms with van der Waals surface area (Å²) in [5.41, 5.74) is 1.64. The van der Waals surface area contributed by atoms with Gasteiger partial charge in [-0.25, -0.2) is 9.07 Å². The highest BCUT2D eigenvalue weighted by molar-refractivity contribution is 7.20. The highest BCUT2D eigenvalue weighted by Gasteiger charge is 2.20. The van der Waals surface area contributed by atoms with Crippen molar-refractivity contribution in [3.63, 3.8) is 0 Å².